The van der Waals surface area contributed by atoms with Crippen LogP contribution < -0.4 is 5.32 Å². The lowest BCUT2D eigenvalue weighted by Gasteiger charge is -2.17. The van der Waals surface area contributed by atoms with Crippen LogP contribution >= 0.6 is 27.3 Å². The van der Waals surface area contributed by atoms with Crippen molar-refractivity contribution in [3.63, 3.8) is 0 Å². The van der Waals surface area contributed by atoms with E-state index in [-0.39, 0.29) is 6.04 Å². The molecule has 0 saturated heterocycles. The molecular formula is C16H14BrNS. The van der Waals surface area contributed by atoms with E-state index in [4.69, 9.17) is 0 Å². The van der Waals surface area contributed by atoms with E-state index in [9.17, 15) is 0 Å². The van der Waals surface area contributed by atoms with Crippen LogP contribution in [0.1, 0.15) is 17.2 Å². The second-order valence-corrected chi connectivity index (χ2v) is 6.10. The highest BCUT2D eigenvalue weighted by atomic mass is 79.9. The fourth-order valence-corrected chi connectivity index (χ4v) is 3.94. The van der Waals surface area contributed by atoms with Gasteiger partial charge in [-0.15, -0.1) is 0 Å². The second-order valence-electron chi connectivity index (χ2n) is 4.50. The lowest BCUT2D eigenvalue weighted by molar-refractivity contribution is 0.692. The number of hydrogen-bond donors (Lipinski definition) is 1. The molecule has 1 N–H and O–H groups in total. The van der Waals surface area contributed by atoms with E-state index < -0.39 is 0 Å². The van der Waals surface area contributed by atoms with Gasteiger partial charge in [0.2, 0.25) is 0 Å². The van der Waals surface area contributed by atoms with Crippen molar-refractivity contribution < 1.29 is 0 Å². The molecule has 1 aromatic heterocycles. The Balaban J connectivity index is 2.09. The first kappa shape index (κ1) is 12.9. The molecule has 0 fully saturated rings. The molecular weight excluding hydrogens is 318 g/mol. The minimum absolute atomic E-state index is 0.227. The molecule has 19 heavy (non-hydrogen) atoms. The molecule has 1 heterocycles. The monoisotopic (exact) mass is 331 g/mol. The van der Waals surface area contributed by atoms with Gasteiger partial charge in [0, 0.05) is 9.85 Å². The van der Waals surface area contributed by atoms with E-state index in [1.807, 2.05) is 7.05 Å². The van der Waals surface area contributed by atoms with Gasteiger partial charge in [-0.3, -0.25) is 0 Å². The van der Waals surface area contributed by atoms with Gasteiger partial charge in [0.15, 0.2) is 0 Å². The summed E-state index contributed by atoms with van der Waals surface area (Å²) in [4.78, 5) is 0. The van der Waals surface area contributed by atoms with Gasteiger partial charge in [0.1, 0.15) is 0 Å². The summed E-state index contributed by atoms with van der Waals surface area (Å²) in [6, 6.07) is 15.4. The Morgan fingerprint density at radius 1 is 1.05 bits per heavy atom. The number of thiophene rings is 1. The highest BCUT2D eigenvalue weighted by Gasteiger charge is 2.15. The Hall–Kier alpha value is -1.16. The zero-order valence-electron chi connectivity index (χ0n) is 10.6. The van der Waals surface area contributed by atoms with E-state index in [0.29, 0.717) is 0 Å². The molecule has 3 rings (SSSR count). The van der Waals surface area contributed by atoms with Crippen molar-refractivity contribution in [2.75, 3.05) is 7.05 Å². The summed E-state index contributed by atoms with van der Waals surface area (Å²) in [7, 11) is 2.00. The van der Waals surface area contributed by atoms with Crippen LogP contribution in [-0.4, -0.2) is 7.05 Å². The maximum absolute atomic E-state index is 3.63. The minimum atomic E-state index is 0.227. The van der Waals surface area contributed by atoms with Crippen molar-refractivity contribution in [2.45, 2.75) is 6.04 Å². The van der Waals surface area contributed by atoms with Crippen LogP contribution in [0.3, 0.4) is 0 Å². The molecule has 96 valence electrons. The molecule has 3 heteroatoms. The lowest BCUT2D eigenvalue weighted by Crippen LogP contribution is -2.17. The quantitative estimate of drug-likeness (QED) is 0.714. The fourth-order valence-electron chi connectivity index (χ4n) is 2.39. The SMILES string of the molecule is CNC(c1ccc2ccccc2c1)c1cscc1Br. The highest BCUT2D eigenvalue weighted by molar-refractivity contribution is 9.10. The first-order valence-electron chi connectivity index (χ1n) is 6.17. The Labute approximate surface area is 125 Å². The summed E-state index contributed by atoms with van der Waals surface area (Å²) in [5, 5.41) is 10.3. The van der Waals surface area contributed by atoms with Gasteiger partial charge < -0.3 is 5.32 Å². The van der Waals surface area contributed by atoms with E-state index in [2.05, 4.69) is 74.5 Å². The zero-order chi connectivity index (χ0) is 13.2. The highest BCUT2D eigenvalue weighted by Crippen LogP contribution is 2.32. The summed E-state index contributed by atoms with van der Waals surface area (Å²) in [6.07, 6.45) is 0. The molecule has 3 aromatic rings. The normalized spacial score (nSPS) is 12.7. The third-order valence-electron chi connectivity index (χ3n) is 3.35. The summed E-state index contributed by atoms with van der Waals surface area (Å²) < 4.78 is 1.17. The Morgan fingerprint density at radius 3 is 2.53 bits per heavy atom. The van der Waals surface area contributed by atoms with Gasteiger partial charge in [0.25, 0.3) is 0 Å². The second kappa shape index (κ2) is 5.45. The van der Waals surface area contributed by atoms with Crippen LogP contribution in [0.25, 0.3) is 10.8 Å². The van der Waals surface area contributed by atoms with E-state index in [0.717, 1.165) is 0 Å². The van der Waals surface area contributed by atoms with Crippen molar-refractivity contribution in [2.24, 2.45) is 0 Å². The Morgan fingerprint density at radius 2 is 1.84 bits per heavy atom. The van der Waals surface area contributed by atoms with Gasteiger partial charge in [-0.1, -0.05) is 36.4 Å². The molecule has 0 aliphatic carbocycles. The van der Waals surface area contributed by atoms with Gasteiger partial charge in [-0.25, -0.2) is 0 Å². The lowest BCUT2D eigenvalue weighted by atomic mass is 9.98. The summed E-state index contributed by atoms with van der Waals surface area (Å²) >= 11 is 5.35. The topological polar surface area (TPSA) is 12.0 Å². The molecule has 2 aromatic carbocycles. The van der Waals surface area contributed by atoms with E-state index in [1.165, 1.54) is 26.4 Å². The number of hydrogen-bond acceptors (Lipinski definition) is 2. The van der Waals surface area contributed by atoms with Crippen LogP contribution in [-0.2, 0) is 0 Å². The van der Waals surface area contributed by atoms with Crippen LogP contribution in [0.15, 0.2) is 57.7 Å². The number of benzene rings is 2. The van der Waals surface area contributed by atoms with Crippen molar-refractivity contribution in [3.8, 4) is 0 Å². The molecule has 0 saturated carbocycles. The van der Waals surface area contributed by atoms with E-state index >= 15 is 0 Å². The van der Waals surface area contributed by atoms with Crippen molar-refractivity contribution in [3.05, 3.63) is 68.8 Å². The predicted molar refractivity (Wildman–Crippen MR) is 86.9 cm³/mol. The third-order valence-corrected chi connectivity index (χ3v) is 5.10. The summed E-state index contributed by atoms with van der Waals surface area (Å²) in [5.41, 5.74) is 2.59. The molecule has 1 nitrogen and oxygen atoms in total. The van der Waals surface area contributed by atoms with Crippen LogP contribution in [0.2, 0.25) is 0 Å². The van der Waals surface area contributed by atoms with Gasteiger partial charge >= 0.3 is 0 Å². The first-order chi connectivity index (χ1) is 9.29. The standard InChI is InChI=1S/C16H14BrNS/c1-18-16(14-9-19-10-15(14)17)13-7-6-11-4-2-3-5-12(11)8-13/h2-10,16,18H,1H3. The molecule has 1 atom stereocenters. The smallest absolute Gasteiger partial charge is 0.0593 e. The molecule has 0 bridgehead atoms. The third kappa shape index (κ3) is 2.46. The molecule has 0 radical (unpaired) electrons. The van der Waals surface area contributed by atoms with Gasteiger partial charge in [0.05, 0.1) is 6.04 Å². The molecule has 0 aliphatic rings. The molecule has 0 amide bonds. The maximum atomic E-state index is 3.63. The van der Waals surface area contributed by atoms with Crippen LogP contribution in [0.5, 0.6) is 0 Å². The van der Waals surface area contributed by atoms with Crippen LogP contribution in [0, 0.1) is 0 Å². The summed E-state index contributed by atoms with van der Waals surface area (Å²) in [6.45, 7) is 0. The van der Waals surface area contributed by atoms with Crippen molar-refractivity contribution >= 4 is 38.0 Å². The van der Waals surface area contributed by atoms with Crippen molar-refractivity contribution in [1.82, 2.24) is 5.32 Å². The van der Waals surface area contributed by atoms with Gasteiger partial charge in [-0.2, -0.15) is 11.3 Å². The number of nitrogens with one attached hydrogen (secondary N) is 1. The minimum Gasteiger partial charge on any atom is -0.309 e. The number of fused-ring (bicyclic) bond motifs is 1. The van der Waals surface area contributed by atoms with Crippen molar-refractivity contribution in [1.29, 1.82) is 0 Å². The van der Waals surface area contributed by atoms with Gasteiger partial charge in [-0.05, 0) is 56.3 Å². The molecule has 0 aliphatic heterocycles. The first-order valence-corrected chi connectivity index (χ1v) is 7.90. The fraction of sp³-hybridized carbons (Fsp3) is 0.125. The Bertz CT molecular complexity index is 705. The largest absolute Gasteiger partial charge is 0.309 e. The molecule has 0 spiro atoms. The predicted octanol–water partition coefficient (Wildman–Crippen LogP) is 4.97. The number of halogens is 1. The average molecular weight is 332 g/mol. The van der Waals surface area contributed by atoms with E-state index in [1.54, 1.807) is 11.3 Å². The molecule has 1 unspecified atom stereocenters. The number of rotatable bonds is 3. The maximum Gasteiger partial charge on any atom is 0.0593 e. The average Bonchev–Trinajstić information content (AvgIpc) is 2.86. The Kier molecular flexibility index (Phi) is 3.69. The zero-order valence-corrected chi connectivity index (χ0v) is 13.0. The van der Waals surface area contributed by atoms with Crippen LogP contribution in [0.4, 0.5) is 0 Å². The summed E-state index contributed by atoms with van der Waals surface area (Å²) in [5.74, 6) is 0.